The minimum Gasteiger partial charge on any atom is -0.275 e. The Balaban J connectivity index is 1.95. The normalized spacial score (nSPS) is 20.4. The van der Waals surface area contributed by atoms with Crippen molar-refractivity contribution in [2.24, 2.45) is 0 Å². The highest BCUT2D eigenvalue weighted by molar-refractivity contribution is 4.66. The van der Waals surface area contributed by atoms with Gasteiger partial charge in [-0.15, -0.1) is 0 Å². The summed E-state index contributed by atoms with van der Waals surface area (Å²) >= 11 is 0. The predicted molar refractivity (Wildman–Crippen MR) is 134 cm³/mol. The lowest BCUT2D eigenvalue weighted by Gasteiger charge is -2.51. The number of rotatable bonds is 18. The fourth-order valence-corrected chi connectivity index (χ4v) is 6.92. The van der Waals surface area contributed by atoms with Crippen LogP contribution in [-0.2, 0) is 0 Å². The quantitative estimate of drug-likeness (QED) is 0.155. The van der Waals surface area contributed by atoms with Crippen LogP contribution in [0.1, 0.15) is 136 Å². The summed E-state index contributed by atoms with van der Waals surface area (Å²) in [5.74, 6) is 0. The lowest BCUT2D eigenvalue weighted by Crippen LogP contribution is -2.69. The van der Waals surface area contributed by atoms with E-state index in [9.17, 15) is 0 Å². The summed E-state index contributed by atoms with van der Waals surface area (Å²) in [6, 6.07) is 0. The lowest BCUT2D eigenvalue weighted by molar-refractivity contribution is -1.13. The molecular weight excluding hydrogens is 364 g/mol. The number of likely N-dealkylation sites (tertiary alicyclic amines) is 2. The van der Waals surface area contributed by atoms with Gasteiger partial charge in [0.1, 0.15) is 0 Å². The molecule has 0 atom stereocenters. The van der Waals surface area contributed by atoms with Gasteiger partial charge in [0, 0.05) is 25.7 Å². The molecule has 0 aromatic heterocycles. The average Bonchev–Trinajstić information content (AvgIpc) is 3.43. The van der Waals surface area contributed by atoms with E-state index < -0.39 is 0 Å². The largest absolute Gasteiger partial charge is 0.275 e. The molecule has 0 unspecified atom stereocenters. The van der Waals surface area contributed by atoms with Crippen LogP contribution in [0, 0.1) is 0 Å². The number of quaternary nitrogens is 2. The molecule has 2 aliphatic heterocycles. The maximum Gasteiger partial charge on any atom is 0.216 e. The fraction of sp³-hybridized carbons (Fsp3) is 1.00. The van der Waals surface area contributed by atoms with Crippen LogP contribution in [0.4, 0.5) is 0 Å². The van der Waals surface area contributed by atoms with Gasteiger partial charge in [0.25, 0.3) is 0 Å². The Morgan fingerprint density at radius 3 is 1.23 bits per heavy atom. The molecule has 2 heteroatoms. The van der Waals surface area contributed by atoms with E-state index in [2.05, 4.69) is 20.8 Å². The zero-order chi connectivity index (χ0) is 21.5. The highest BCUT2D eigenvalue weighted by atomic mass is 15.6. The number of hydrogen-bond acceptors (Lipinski definition) is 0. The standard InChI is InChI=1S/C28H58N2/c1-4-7-10-11-12-13-14-15-16-21-28(29(22-8-5-2)24-17-18-25-29)30(23-9-6-3)26-19-20-27-30/h28H,4-27H2,1-3H3/q+2. The molecule has 0 N–H and O–H groups in total. The van der Waals surface area contributed by atoms with Crippen molar-refractivity contribution in [2.45, 2.75) is 143 Å². The van der Waals surface area contributed by atoms with Crippen LogP contribution in [-0.4, -0.2) is 54.4 Å². The van der Waals surface area contributed by atoms with Crippen LogP contribution in [0.5, 0.6) is 0 Å². The lowest BCUT2D eigenvalue weighted by atomic mass is 10.0. The van der Waals surface area contributed by atoms with Crippen LogP contribution < -0.4 is 0 Å². The Kier molecular flexibility index (Phi) is 13.0. The molecule has 0 aromatic carbocycles. The monoisotopic (exact) mass is 422 g/mol. The van der Waals surface area contributed by atoms with E-state index in [0.717, 1.165) is 6.17 Å². The second-order valence-corrected chi connectivity index (χ2v) is 11.0. The zero-order valence-corrected chi connectivity index (χ0v) is 21.4. The van der Waals surface area contributed by atoms with Crippen molar-refractivity contribution in [3.63, 3.8) is 0 Å². The van der Waals surface area contributed by atoms with Crippen molar-refractivity contribution < 1.29 is 8.97 Å². The molecule has 30 heavy (non-hydrogen) atoms. The third-order valence-corrected chi connectivity index (χ3v) is 8.66. The Hall–Kier alpha value is -0.0800. The van der Waals surface area contributed by atoms with Crippen LogP contribution in [0.2, 0.25) is 0 Å². The van der Waals surface area contributed by atoms with E-state index in [4.69, 9.17) is 0 Å². The highest BCUT2D eigenvalue weighted by Gasteiger charge is 2.52. The molecule has 2 nitrogen and oxygen atoms in total. The first-order chi connectivity index (χ1) is 14.7. The smallest absolute Gasteiger partial charge is 0.216 e. The summed E-state index contributed by atoms with van der Waals surface area (Å²) in [6.45, 7) is 16.1. The molecule has 0 aromatic rings. The van der Waals surface area contributed by atoms with Gasteiger partial charge >= 0.3 is 0 Å². The number of hydrogen-bond donors (Lipinski definition) is 0. The molecule has 0 spiro atoms. The SMILES string of the molecule is CCCCCCCCCCCC([N+]1(CCCC)CCCC1)[N+]1(CCCC)CCCC1. The summed E-state index contributed by atoms with van der Waals surface area (Å²) in [5.41, 5.74) is 0. The zero-order valence-electron chi connectivity index (χ0n) is 21.4. The minimum absolute atomic E-state index is 0.928. The van der Waals surface area contributed by atoms with E-state index in [1.807, 2.05) is 0 Å². The molecule has 0 aliphatic carbocycles. The third kappa shape index (κ3) is 7.80. The molecule has 2 heterocycles. The first-order valence-electron chi connectivity index (χ1n) is 14.4. The second-order valence-electron chi connectivity index (χ2n) is 11.0. The summed E-state index contributed by atoms with van der Waals surface area (Å²) in [5, 5.41) is 0. The fourth-order valence-electron chi connectivity index (χ4n) is 6.92. The van der Waals surface area contributed by atoms with E-state index in [1.165, 1.54) is 164 Å². The molecular formula is C28H58N2+2. The van der Waals surface area contributed by atoms with Gasteiger partial charge in [-0.2, -0.15) is 0 Å². The summed E-state index contributed by atoms with van der Waals surface area (Å²) < 4.78 is 3.02. The Labute approximate surface area is 191 Å². The molecule has 2 saturated heterocycles. The van der Waals surface area contributed by atoms with Crippen molar-refractivity contribution in [1.29, 1.82) is 0 Å². The molecule has 0 saturated carbocycles. The first kappa shape index (κ1) is 26.2. The Morgan fingerprint density at radius 1 is 0.467 bits per heavy atom. The first-order valence-corrected chi connectivity index (χ1v) is 14.4. The van der Waals surface area contributed by atoms with Gasteiger partial charge in [-0.3, -0.25) is 8.97 Å². The molecule has 2 aliphatic rings. The highest BCUT2D eigenvalue weighted by Crippen LogP contribution is 2.37. The molecule has 0 radical (unpaired) electrons. The van der Waals surface area contributed by atoms with Gasteiger partial charge in [-0.05, 0) is 19.3 Å². The van der Waals surface area contributed by atoms with Crippen LogP contribution >= 0.6 is 0 Å². The van der Waals surface area contributed by atoms with E-state index in [-0.39, 0.29) is 0 Å². The van der Waals surface area contributed by atoms with E-state index >= 15 is 0 Å². The van der Waals surface area contributed by atoms with Gasteiger partial charge in [0.05, 0.1) is 45.7 Å². The maximum absolute atomic E-state index is 2.40. The van der Waals surface area contributed by atoms with Crippen molar-refractivity contribution in [1.82, 2.24) is 0 Å². The number of nitrogens with zero attached hydrogens (tertiary/aromatic N) is 2. The summed E-state index contributed by atoms with van der Waals surface area (Å²) in [6.07, 6.45) is 27.3. The van der Waals surface area contributed by atoms with Gasteiger partial charge in [0.2, 0.25) is 6.17 Å². The molecule has 178 valence electrons. The van der Waals surface area contributed by atoms with E-state index in [0.29, 0.717) is 0 Å². The van der Waals surface area contributed by atoms with Crippen molar-refractivity contribution >= 4 is 0 Å². The Morgan fingerprint density at radius 2 is 0.833 bits per heavy atom. The summed E-state index contributed by atoms with van der Waals surface area (Å²) in [7, 11) is 0. The van der Waals surface area contributed by atoms with Gasteiger partial charge < -0.3 is 0 Å². The summed E-state index contributed by atoms with van der Waals surface area (Å²) in [4.78, 5) is 0. The minimum atomic E-state index is 0.928. The molecule has 0 amide bonds. The topological polar surface area (TPSA) is 0 Å². The van der Waals surface area contributed by atoms with Crippen molar-refractivity contribution in [3.8, 4) is 0 Å². The average molecular weight is 423 g/mol. The van der Waals surface area contributed by atoms with Crippen molar-refractivity contribution in [3.05, 3.63) is 0 Å². The van der Waals surface area contributed by atoms with Crippen LogP contribution in [0.15, 0.2) is 0 Å². The second kappa shape index (κ2) is 14.9. The van der Waals surface area contributed by atoms with Crippen molar-refractivity contribution in [2.75, 3.05) is 39.3 Å². The van der Waals surface area contributed by atoms with Crippen LogP contribution in [0.3, 0.4) is 0 Å². The van der Waals surface area contributed by atoms with E-state index in [1.54, 1.807) is 0 Å². The maximum atomic E-state index is 2.40. The molecule has 2 rings (SSSR count). The van der Waals surface area contributed by atoms with Gasteiger partial charge in [-0.25, -0.2) is 0 Å². The predicted octanol–water partition coefficient (Wildman–Crippen LogP) is 8.05. The Bertz CT molecular complexity index is 379. The van der Waals surface area contributed by atoms with Gasteiger partial charge in [-0.1, -0.05) is 85.0 Å². The third-order valence-electron chi connectivity index (χ3n) is 8.66. The molecule has 0 bridgehead atoms. The molecule has 2 fully saturated rings. The van der Waals surface area contributed by atoms with Crippen LogP contribution in [0.25, 0.3) is 0 Å². The number of unbranched alkanes of at least 4 members (excludes halogenated alkanes) is 10. The van der Waals surface area contributed by atoms with Gasteiger partial charge in [0.15, 0.2) is 0 Å².